The third kappa shape index (κ3) is 17.9. The van der Waals surface area contributed by atoms with Gasteiger partial charge < -0.3 is 34.4 Å². The predicted molar refractivity (Wildman–Crippen MR) is 416 cm³/mol. The molecule has 0 atom stereocenters. The van der Waals surface area contributed by atoms with E-state index in [0.717, 1.165) is 66.1 Å². The molecule has 0 radical (unpaired) electrons. The minimum absolute atomic E-state index is 0.114. The first-order valence-corrected chi connectivity index (χ1v) is 38.8. The summed E-state index contributed by atoms with van der Waals surface area (Å²) in [4.78, 5) is 28.0. The highest BCUT2D eigenvalue weighted by atomic mass is 35.5. The summed E-state index contributed by atoms with van der Waals surface area (Å²) in [5, 5.41) is 9.30. The molecule has 526 valence electrons. The zero-order valence-electron chi connectivity index (χ0n) is 55.4. The smallest absolute Gasteiger partial charge is 0.339 e. The van der Waals surface area contributed by atoms with Gasteiger partial charge in [-0.3, -0.25) is 19.0 Å². The number of hydrogen-bond donors (Lipinski definition) is 9. The van der Waals surface area contributed by atoms with Crippen LogP contribution in [0.5, 0.6) is 5.75 Å². The summed E-state index contributed by atoms with van der Waals surface area (Å²) in [5.74, 6) is 0.0863. The van der Waals surface area contributed by atoms with Crippen LogP contribution in [0.3, 0.4) is 0 Å². The number of carbonyl (C=O) groups is 1. The lowest BCUT2D eigenvalue weighted by molar-refractivity contribution is 0.102. The van der Waals surface area contributed by atoms with Crippen LogP contribution < -0.4 is 23.7 Å². The van der Waals surface area contributed by atoms with E-state index >= 15 is 0 Å². The Hall–Kier alpha value is -10.5. The van der Waals surface area contributed by atoms with Crippen LogP contribution in [-0.2, 0) is 40.2 Å². The van der Waals surface area contributed by atoms with Crippen molar-refractivity contribution >= 4 is 170 Å². The Morgan fingerprint density at radius 2 is 0.718 bits per heavy atom. The van der Waals surface area contributed by atoms with Gasteiger partial charge in [0.05, 0.1) is 80.1 Å². The van der Waals surface area contributed by atoms with E-state index in [1.54, 1.807) is 164 Å². The minimum Gasteiger partial charge on any atom is -0.377 e. The number of aryl methyl sites for hydroxylation is 5. The van der Waals surface area contributed by atoms with Crippen molar-refractivity contribution in [3.8, 4) is 5.75 Å². The number of hydrogen-bond acceptors (Lipinski definition) is 10. The summed E-state index contributed by atoms with van der Waals surface area (Å²) >= 11 is 24.1. The summed E-state index contributed by atoms with van der Waals surface area (Å²) in [7, 11) is -14.7. The first kappa shape index (κ1) is 73.7. The number of aromatic nitrogens is 5. The quantitative estimate of drug-likeness (QED) is 0.0464. The molecule has 103 heavy (non-hydrogen) atoms. The number of fused-ring (bicyclic) bond motifs is 5. The average Bonchev–Trinajstić information content (AvgIpc) is 1.71. The summed E-state index contributed by atoms with van der Waals surface area (Å²) in [5.41, 5.74) is 11.5. The molecule has 0 unspecified atom stereocenters. The maximum absolute atomic E-state index is 12.4. The van der Waals surface area contributed by atoms with Crippen molar-refractivity contribution in [1.82, 2.24) is 24.9 Å². The van der Waals surface area contributed by atoms with Gasteiger partial charge >= 0.3 is 10.1 Å². The molecule has 10 aromatic carbocycles. The Morgan fingerprint density at radius 3 is 1.18 bits per heavy atom. The van der Waals surface area contributed by atoms with Gasteiger partial charge in [0, 0.05) is 57.3 Å². The van der Waals surface area contributed by atoms with Crippen molar-refractivity contribution in [2.75, 3.05) is 19.5 Å². The topological polar surface area (TPSA) is 290 Å². The first-order valence-electron chi connectivity index (χ1n) is 31.4. The molecule has 5 heterocycles. The molecule has 1 amide bonds. The molecule has 0 aliphatic carbocycles. The average molecular weight is 1530 g/mol. The van der Waals surface area contributed by atoms with Crippen LogP contribution in [0.4, 0.5) is 22.7 Å². The van der Waals surface area contributed by atoms with E-state index in [-0.39, 0.29) is 31.2 Å². The molecule has 0 aliphatic heterocycles. The minimum atomic E-state index is -3.88. The maximum Gasteiger partial charge on any atom is 0.339 e. The van der Waals surface area contributed by atoms with Gasteiger partial charge in [-0.05, 0) is 138 Å². The summed E-state index contributed by atoms with van der Waals surface area (Å²) in [6.07, 6.45) is 6.73. The third-order valence-electron chi connectivity index (χ3n) is 16.0. The van der Waals surface area contributed by atoms with Crippen molar-refractivity contribution in [2.45, 2.75) is 54.2 Å². The van der Waals surface area contributed by atoms with Crippen LogP contribution >= 0.6 is 46.4 Å². The second-order valence-electron chi connectivity index (χ2n) is 23.6. The number of anilines is 4. The van der Waals surface area contributed by atoms with Gasteiger partial charge in [-0.2, -0.15) is 8.42 Å². The molecule has 27 heteroatoms. The molecule has 9 N–H and O–H groups in total. The Morgan fingerprint density at radius 1 is 0.359 bits per heavy atom. The lowest BCUT2D eigenvalue weighted by atomic mass is 10.1. The van der Waals surface area contributed by atoms with E-state index in [1.165, 1.54) is 12.1 Å². The highest BCUT2D eigenvalue weighted by molar-refractivity contribution is 7.93. The van der Waals surface area contributed by atoms with Gasteiger partial charge in [-0.25, -0.2) is 25.3 Å². The van der Waals surface area contributed by atoms with Crippen molar-refractivity contribution in [2.24, 2.45) is 0 Å². The summed E-state index contributed by atoms with van der Waals surface area (Å²) in [6, 6.07) is 64.6. The molecular weight excluding hydrogens is 1470 g/mol. The monoisotopic (exact) mass is 1530 g/mol. The lowest BCUT2D eigenvalue weighted by Gasteiger charge is -2.09. The fourth-order valence-electron chi connectivity index (χ4n) is 10.5. The Balaban J connectivity index is 0.000000129. The fourth-order valence-corrected chi connectivity index (χ4v) is 15.5. The van der Waals surface area contributed by atoms with E-state index in [4.69, 9.17) is 50.6 Å². The number of sulfonamides is 3. The van der Waals surface area contributed by atoms with Crippen LogP contribution in [0.2, 0.25) is 20.2 Å². The zero-order chi connectivity index (χ0) is 73.4. The standard InChI is InChI=1S/C16H13ClN2O.2C15H13ClN2O2S.C15H12ClNO3S.C15H14N2O2S/c1-10-5-7-11(8-6-10)16(20)19-14-4-2-3-12-13(17)9-18-15(12)14;1-10-5-7-11(8-6-10)21(19,20)18-14-4-2-3-12-13(16)9-17-15(12)14;1-10-5-7-12(8-6-10)21(19,20)18-13-4-2-3-11-9-14(16)17-15(11)13;1-10-5-7-11(8-6-10)21(18,19)20-14-4-2-3-12-13(16)9-17-15(12)14;1-11-5-7-13(8-6-11)20(18,19)17-14-4-2-3-12-9-10-16-15(12)14/h2-9,18H,1H3,(H,19,20);2*2-9,17-18H,1H3;2-9,17H,1H3;2-10,16-17H,1H3. The van der Waals surface area contributed by atoms with Gasteiger partial charge in [0.15, 0.2) is 5.75 Å². The van der Waals surface area contributed by atoms with Crippen LogP contribution in [0, 0.1) is 34.6 Å². The summed E-state index contributed by atoms with van der Waals surface area (Å²) in [6.45, 7) is 9.61. The fraction of sp³-hybridized carbons (Fsp3) is 0.0658. The number of benzene rings is 10. The van der Waals surface area contributed by atoms with Gasteiger partial charge in [0.25, 0.3) is 36.0 Å². The second kappa shape index (κ2) is 31.4. The van der Waals surface area contributed by atoms with Crippen LogP contribution in [0.25, 0.3) is 54.5 Å². The van der Waals surface area contributed by atoms with Gasteiger partial charge in [0.1, 0.15) is 10.0 Å². The van der Waals surface area contributed by atoms with E-state index < -0.39 is 40.2 Å². The Bertz CT molecular complexity index is 5780. The van der Waals surface area contributed by atoms with Crippen LogP contribution in [0.1, 0.15) is 38.2 Å². The third-order valence-corrected chi connectivity index (χ3v) is 22.5. The molecule has 15 rings (SSSR count). The molecule has 0 bridgehead atoms. The number of amides is 1. The molecule has 0 saturated heterocycles. The van der Waals surface area contributed by atoms with Gasteiger partial charge in [-0.1, -0.05) is 196 Å². The van der Waals surface area contributed by atoms with Crippen LogP contribution in [0.15, 0.2) is 269 Å². The van der Waals surface area contributed by atoms with Crippen molar-refractivity contribution in [1.29, 1.82) is 0 Å². The summed E-state index contributed by atoms with van der Waals surface area (Å²) < 4.78 is 112. The lowest BCUT2D eigenvalue weighted by Crippen LogP contribution is -2.13. The van der Waals surface area contributed by atoms with E-state index in [0.29, 0.717) is 64.8 Å². The first-order chi connectivity index (χ1) is 49.1. The molecule has 0 saturated carbocycles. The Labute approximate surface area is 614 Å². The van der Waals surface area contributed by atoms with Gasteiger partial charge in [0.2, 0.25) is 0 Å². The molecule has 0 spiro atoms. The van der Waals surface area contributed by atoms with Crippen LogP contribution in [-0.4, -0.2) is 64.5 Å². The zero-order valence-corrected chi connectivity index (χ0v) is 61.7. The number of para-hydroxylation sites is 5. The van der Waals surface area contributed by atoms with E-state index in [2.05, 4.69) is 44.4 Å². The highest BCUT2D eigenvalue weighted by Gasteiger charge is 2.22. The highest BCUT2D eigenvalue weighted by Crippen LogP contribution is 2.35. The second-order valence-corrected chi connectivity index (χ2v) is 31.8. The number of rotatable bonds is 14. The molecule has 19 nitrogen and oxygen atoms in total. The van der Waals surface area contributed by atoms with Crippen molar-refractivity contribution < 1.29 is 42.6 Å². The maximum atomic E-state index is 12.4. The van der Waals surface area contributed by atoms with Crippen molar-refractivity contribution in [3.05, 3.63) is 303 Å². The number of halogens is 4. The molecular formula is C76H65Cl4N9O10S4. The Kier molecular flexibility index (Phi) is 22.5. The largest absolute Gasteiger partial charge is 0.377 e. The van der Waals surface area contributed by atoms with Gasteiger partial charge in [-0.15, -0.1) is 0 Å². The number of H-pyrrole nitrogens is 5. The molecule has 0 aliphatic rings. The molecule has 5 aromatic heterocycles. The predicted octanol–water partition coefficient (Wildman–Crippen LogP) is 19.4. The molecule has 0 fully saturated rings. The number of nitrogens with one attached hydrogen (secondary N) is 9. The molecule has 15 aromatic rings. The normalized spacial score (nSPS) is 11.5. The van der Waals surface area contributed by atoms with E-state index in [1.807, 2.05) is 107 Å². The van der Waals surface area contributed by atoms with Crippen molar-refractivity contribution in [3.63, 3.8) is 0 Å². The number of aromatic amines is 5. The van der Waals surface area contributed by atoms with E-state index in [9.17, 15) is 38.5 Å². The number of carbonyl (C=O) groups excluding carboxylic acids is 1. The SMILES string of the molecule is Cc1ccc(C(=O)Nc2cccc3c(Cl)c[nH]c23)cc1.Cc1ccc(S(=O)(=O)Nc2cccc3c(Cl)c[nH]c23)cc1.Cc1ccc(S(=O)(=O)Nc2cccc3cc(Cl)[nH]c23)cc1.Cc1ccc(S(=O)(=O)Nc2cccc3cc[nH]c23)cc1.Cc1ccc(S(=O)(=O)Oc2cccc3c(Cl)c[nH]c23)cc1.